The minimum absolute atomic E-state index is 0.187. The number of nitrogens with zero attached hydrogens (tertiary/aromatic N) is 3. The molecule has 0 aliphatic carbocycles. The van der Waals surface area contributed by atoms with Crippen LogP contribution in [0, 0.1) is 0 Å². The number of likely N-dealkylation sites (N-methyl/N-ethyl adjacent to an activating group) is 1. The standard InChI is InChI=1S/C15H19N3OS/c1-10(17(2)3)9-18-14(19)8-13-15(18)16-11-6-4-5-7-12(11)20-13/h4-7,10,13H,8-9H2,1-3H3/t10-,13+/m0/s1. The molecule has 5 heteroatoms. The van der Waals surface area contributed by atoms with Crippen molar-refractivity contribution < 1.29 is 4.79 Å². The highest BCUT2D eigenvalue weighted by Gasteiger charge is 2.40. The molecule has 3 rings (SSSR count). The van der Waals surface area contributed by atoms with Gasteiger partial charge in [0.05, 0.1) is 10.9 Å². The first kappa shape index (κ1) is 13.6. The Morgan fingerprint density at radius 1 is 1.45 bits per heavy atom. The van der Waals surface area contributed by atoms with Crippen LogP contribution in [-0.4, -0.2) is 53.5 Å². The normalized spacial score (nSPS) is 22.6. The van der Waals surface area contributed by atoms with Crippen LogP contribution in [0.15, 0.2) is 34.2 Å². The number of aliphatic imine (C=N–C) groups is 1. The molecule has 1 fully saturated rings. The smallest absolute Gasteiger partial charge is 0.229 e. The maximum Gasteiger partial charge on any atom is 0.229 e. The Kier molecular flexibility index (Phi) is 3.56. The van der Waals surface area contributed by atoms with Crippen molar-refractivity contribution in [1.29, 1.82) is 0 Å². The fraction of sp³-hybridized carbons (Fsp3) is 0.467. The van der Waals surface area contributed by atoms with Crippen molar-refractivity contribution in [3.8, 4) is 0 Å². The van der Waals surface area contributed by atoms with E-state index in [1.807, 2.05) is 37.2 Å². The van der Waals surface area contributed by atoms with Crippen LogP contribution in [0.1, 0.15) is 13.3 Å². The van der Waals surface area contributed by atoms with E-state index < -0.39 is 0 Å². The number of para-hydroxylation sites is 1. The molecule has 0 aromatic heterocycles. The summed E-state index contributed by atoms with van der Waals surface area (Å²) < 4.78 is 0. The summed E-state index contributed by atoms with van der Waals surface area (Å²) in [5, 5.41) is 0.187. The lowest BCUT2D eigenvalue weighted by molar-refractivity contribution is -0.126. The summed E-state index contributed by atoms with van der Waals surface area (Å²) >= 11 is 1.76. The first-order valence-electron chi connectivity index (χ1n) is 6.87. The van der Waals surface area contributed by atoms with Crippen LogP contribution in [0.2, 0.25) is 0 Å². The minimum atomic E-state index is 0.187. The van der Waals surface area contributed by atoms with Crippen LogP contribution in [-0.2, 0) is 4.79 Å². The summed E-state index contributed by atoms with van der Waals surface area (Å²) in [6, 6.07) is 8.43. The van der Waals surface area contributed by atoms with Gasteiger partial charge in [0.2, 0.25) is 5.91 Å². The molecular formula is C15H19N3OS. The van der Waals surface area contributed by atoms with Crippen molar-refractivity contribution in [1.82, 2.24) is 9.80 Å². The lowest BCUT2D eigenvalue weighted by Crippen LogP contribution is -2.42. The lowest BCUT2D eigenvalue weighted by atomic mass is 10.3. The summed E-state index contributed by atoms with van der Waals surface area (Å²) in [6.07, 6.45) is 0.567. The van der Waals surface area contributed by atoms with Gasteiger partial charge < -0.3 is 4.90 Å². The molecule has 20 heavy (non-hydrogen) atoms. The van der Waals surface area contributed by atoms with Gasteiger partial charge in [-0.3, -0.25) is 9.69 Å². The van der Waals surface area contributed by atoms with E-state index >= 15 is 0 Å². The average molecular weight is 289 g/mol. The van der Waals surface area contributed by atoms with Gasteiger partial charge in [-0.15, -0.1) is 11.8 Å². The maximum atomic E-state index is 12.3. The molecule has 0 bridgehead atoms. The van der Waals surface area contributed by atoms with Crippen LogP contribution in [0.3, 0.4) is 0 Å². The summed E-state index contributed by atoms with van der Waals surface area (Å²) in [5.74, 6) is 1.13. The monoisotopic (exact) mass is 289 g/mol. The summed E-state index contributed by atoms with van der Waals surface area (Å²) in [6.45, 7) is 2.84. The molecule has 0 unspecified atom stereocenters. The highest BCUT2D eigenvalue weighted by atomic mass is 32.2. The van der Waals surface area contributed by atoms with Gasteiger partial charge in [-0.2, -0.15) is 0 Å². The summed E-state index contributed by atoms with van der Waals surface area (Å²) in [4.78, 5) is 22.2. The van der Waals surface area contributed by atoms with Gasteiger partial charge in [0, 0.05) is 23.9 Å². The van der Waals surface area contributed by atoms with Crippen LogP contribution >= 0.6 is 11.8 Å². The molecule has 1 amide bonds. The molecule has 1 aromatic rings. The highest BCUT2D eigenvalue weighted by molar-refractivity contribution is 8.01. The Balaban J connectivity index is 1.89. The Morgan fingerprint density at radius 3 is 2.95 bits per heavy atom. The molecular weight excluding hydrogens is 270 g/mol. The number of likely N-dealkylation sites (tertiary alicyclic amines) is 1. The number of carbonyl (C=O) groups excluding carboxylic acids is 1. The fourth-order valence-electron chi connectivity index (χ4n) is 2.44. The van der Waals surface area contributed by atoms with E-state index in [4.69, 9.17) is 4.99 Å². The van der Waals surface area contributed by atoms with Crippen molar-refractivity contribution in [2.45, 2.75) is 29.5 Å². The van der Waals surface area contributed by atoms with E-state index in [9.17, 15) is 4.79 Å². The van der Waals surface area contributed by atoms with E-state index in [0.717, 1.165) is 11.5 Å². The zero-order valence-corrected chi connectivity index (χ0v) is 12.9. The molecule has 0 N–H and O–H groups in total. The largest absolute Gasteiger partial charge is 0.305 e. The fourth-order valence-corrected chi connectivity index (χ4v) is 3.65. The predicted octanol–water partition coefficient (Wildman–Crippen LogP) is 2.37. The van der Waals surface area contributed by atoms with Crippen molar-refractivity contribution in [2.24, 2.45) is 4.99 Å². The Hall–Kier alpha value is -1.33. The van der Waals surface area contributed by atoms with E-state index in [-0.39, 0.29) is 11.2 Å². The first-order chi connectivity index (χ1) is 9.56. The summed E-state index contributed by atoms with van der Waals surface area (Å²) in [7, 11) is 4.07. The zero-order chi connectivity index (χ0) is 14.3. The second-order valence-electron chi connectivity index (χ2n) is 5.57. The molecule has 1 aromatic carbocycles. The quantitative estimate of drug-likeness (QED) is 0.857. The van der Waals surface area contributed by atoms with E-state index in [0.29, 0.717) is 19.0 Å². The van der Waals surface area contributed by atoms with Gasteiger partial charge in [-0.1, -0.05) is 12.1 Å². The molecule has 2 heterocycles. The molecule has 0 radical (unpaired) electrons. The van der Waals surface area contributed by atoms with Crippen LogP contribution in [0.4, 0.5) is 5.69 Å². The van der Waals surface area contributed by atoms with Crippen molar-refractivity contribution in [2.75, 3.05) is 20.6 Å². The number of rotatable bonds is 3. The number of amidine groups is 1. The number of amides is 1. The SMILES string of the molecule is C[C@@H](CN1C(=O)C[C@H]2Sc3ccccc3N=C21)N(C)C. The Morgan fingerprint density at radius 2 is 2.20 bits per heavy atom. The Labute approximate surface area is 123 Å². The summed E-state index contributed by atoms with van der Waals surface area (Å²) in [5.41, 5.74) is 0.987. The zero-order valence-electron chi connectivity index (χ0n) is 12.0. The van der Waals surface area contributed by atoms with Gasteiger partial charge in [-0.05, 0) is 33.2 Å². The number of hydrogen-bond donors (Lipinski definition) is 0. The molecule has 2 aliphatic rings. The molecule has 0 spiro atoms. The van der Waals surface area contributed by atoms with Crippen LogP contribution < -0.4 is 0 Å². The van der Waals surface area contributed by atoms with Crippen LogP contribution in [0.25, 0.3) is 0 Å². The Bertz CT molecular complexity index is 570. The van der Waals surface area contributed by atoms with Crippen LogP contribution in [0.5, 0.6) is 0 Å². The molecule has 1 saturated heterocycles. The topological polar surface area (TPSA) is 35.9 Å². The van der Waals surface area contributed by atoms with E-state index in [1.165, 1.54) is 4.90 Å². The predicted molar refractivity (Wildman–Crippen MR) is 82.7 cm³/mol. The van der Waals surface area contributed by atoms with E-state index in [1.54, 1.807) is 11.8 Å². The van der Waals surface area contributed by atoms with Gasteiger partial charge in [-0.25, -0.2) is 4.99 Å². The third-order valence-corrected chi connectivity index (χ3v) is 5.18. The van der Waals surface area contributed by atoms with E-state index in [2.05, 4.69) is 17.9 Å². The molecule has 2 atom stereocenters. The maximum absolute atomic E-state index is 12.3. The number of thioether (sulfide) groups is 1. The minimum Gasteiger partial charge on any atom is -0.305 e. The highest BCUT2D eigenvalue weighted by Crippen LogP contribution is 2.42. The van der Waals surface area contributed by atoms with Crippen molar-refractivity contribution >= 4 is 29.2 Å². The molecule has 4 nitrogen and oxygen atoms in total. The molecule has 106 valence electrons. The number of carbonyl (C=O) groups is 1. The van der Waals surface area contributed by atoms with Gasteiger partial charge in [0.25, 0.3) is 0 Å². The third-order valence-electron chi connectivity index (χ3n) is 3.92. The third kappa shape index (κ3) is 2.36. The number of benzene rings is 1. The second-order valence-corrected chi connectivity index (χ2v) is 6.81. The average Bonchev–Trinajstić information content (AvgIpc) is 2.72. The van der Waals surface area contributed by atoms with Crippen molar-refractivity contribution in [3.63, 3.8) is 0 Å². The number of hydrogen-bond acceptors (Lipinski definition) is 4. The van der Waals surface area contributed by atoms with Gasteiger partial charge >= 0.3 is 0 Å². The molecule has 2 aliphatic heterocycles. The van der Waals surface area contributed by atoms with Gasteiger partial charge in [0.15, 0.2) is 0 Å². The molecule has 0 saturated carbocycles. The first-order valence-corrected chi connectivity index (χ1v) is 7.75. The lowest BCUT2D eigenvalue weighted by Gasteiger charge is -2.28. The number of fused-ring (bicyclic) bond motifs is 2. The van der Waals surface area contributed by atoms with Crippen molar-refractivity contribution in [3.05, 3.63) is 24.3 Å². The van der Waals surface area contributed by atoms with Gasteiger partial charge in [0.1, 0.15) is 5.84 Å². The second kappa shape index (κ2) is 5.22.